The summed E-state index contributed by atoms with van der Waals surface area (Å²) in [6.45, 7) is 4.64. The van der Waals surface area contributed by atoms with E-state index in [9.17, 15) is 9.59 Å². The summed E-state index contributed by atoms with van der Waals surface area (Å²) in [5, 5.41) is 2.78. The Balaban J connectivity index is 1.70. The van der Waals surface area contributed by atoms with Crippen LogP contribution in [0.2, 0.25) is 0 Å². The van der Waals surface area contributed by atoms with Crippen molar-refractivity contribution < 1.29 is 18.7 Å². The summed E-state index contributed by atoms with van der Waals surface area (Å²) in [6, 6.07) is 7.99. The lowest BCUT2D eigenvalue weighted by molar-refractivity contribution is -0.143. The predicted octanol–water partition coefficient (Wildman–Crippen LogP) is 3.04. The number of esters is 1. The van der Waals surface area contributed by atoms with Gasteiger partial charge in [-0.05, 0) is 20.3 Å². The molecule has 0 saturated heterocycles. The van der Waals surface area contributed by atoms with Crippen molar-refractivity contribution in [3.8, 4) is 11.3 Å². The molecule has 1 N–H and O–H groups in total. The van der Waals surface area contributed by atoms with Crippen LogP contribution in [0.15, 0.2) is 34.9 Å². The topological polar surface area (TPSA) is 81.4 Å². The number of aromatic nitrogens is 1. The molecule has 1 aromatic carbocycles. The smallest absolute Gasteiger partial charge is 0.305 e. The van der Waals surface area contributed by atoms with Crippen LogP contribution in [0.25, 0.3) is 11.3 Å². The van der Waals surface area contributed by atoms with Gasteiger partial charge in [0.1, 0.15) is 0 Å². The Kier molecular flexibility index (Phi) is 7.19. The summed E-state index contributed by atoms with van der Waals surface area (Å²) < 4.78 is 10.5. The summed E-state index contributed by atoms with van der Waals surface area (Å²) in [5.74, 6) is 0.918. The lowest BCUT2D eigenvalue weighted by Crippen LogP contribution is -2.25. The van der Waals surface area contributed by atoms with E-state index in [4.69, 9.17) is 9.15 Å². The highest BCUT2D eigenvalue weighted by Crippen LogP contribution is 2.21. The van der Waals surface area contributed by atoms with Gasteiger partial charge in [0.15, 0.2) is 11.7 Å². The van der Waals surface area contributed by atoms with Gasteiger partial charge in [0, 0.05) is 31.4 Å². The van der Waals surface area contributed by atoms with E-state index in [-0.39, 0.29) is 11.9 Å². The monoisotopic (exact) mass is 344 g/mol. The summed E-state index contributed by atoms with van der Waals surface area (Å²) in [6.07, 6.45) is 3.30. The Morgan fingerprint density at radius 2 is 1.96 bits per heavy atom. The molecule has 6 heteroatoms. The number of hydrogen-bond acceptors (Lipinski definition) is 5. The van der Waals surface area contributed by atoms with E-state index >= 15 is 0 Å². The molecule has 0 radical (unpaired) electrons. The average molecular weight is 344 g/mol. The van der Waals surface area contributed by atoms with Crippen LogP contribution in [0.5, 0.6) is 0 Å². The number of rotatable bonds is 9. The van der Waals surface area contributed by atoms with Gasteiger partial charge < -0.3 is 14.5 Å². The maximum atomic E-state index is 11.8. The molecule has 1 heterocycles. The third kappa shape index (κ3) is 6.41. The minimum absolute atomic E-state index is 0.0843. The van der Waals surface area contributed by atoms with Crippen LogP contribution in [-0.2, 0) is 20.7 Å². The van der Waals surface area contributed by atoms with E-state index in [0.717, 1.165) is 5.56 Å². The molecule has 0 aliphatic carbocycles. The molecule has 134 valence electrons. The van der Waals surface area contributed by atoms with E-state index < -0.39 is 0 Å². The van der Waals surface area contributed by atoms with E-state index in [1.54, 1.807) is 13.1 Å². The number of hydrogen-bond donors (Lipinski definition) is 1. The first-order valence-corrected chi connectivity index (χ1v) is 8.52. The van der Waals surface area contributed by atoms with Crippen LogP contribution in [-0.4, -0.2) is 30.0 Å². The highest BCUT2D eigenvalue weighted by molar-refractivity contribution is 5.76. The molecular formula is C19H24N2O4. The molecule has 0 saturated carbocycles. The number of carbonyl (C=O) groups excluding carboxylic acids is 2. The second kappa shape index (κ2) is 9.61. The number of aryl methyl sites for hydroxylation is 2. The average Bonchev–Trinajstić information content (AvgIpc) is 3.07. The van der Waals surface area contributed by atoms with Gasteiger partial charge >= 0.3 is 5.97 Å². The third-order valence-corrected chi connectivity index (χ3v) is 3.64. The highest BCUT2D eigenvalue weighted by atomic mass is 16.5. The fourth-order valence-corrected chi connectivity index (χ4v) is 2.28. The molecule has 0 fully saturated rings. The van der Waals surface area contributed by atoms with Crippen molar-refractivity contribution in [3.63, 3.8) is 0 Å². The Bertz CT molecular complexity index is 692. The lowest BCUT2D eigenvalue weighted by atomic mass is 10.1. The number of ether oxygens (including phenoxy) is 1. The molecule has 1 amide bonds. The summed E-state index contributed by atoms with van der Waals surface area (Å²) in [4.78, 5) is 27.2. The van der Waals surface area contributed by atoms with Crippen LogP contribution in [0.3, 0.4) is 0 Å². The Hall–Kier alpha value is -2.63. The van der Waals surface area contributed by atoms with Gasteiger partial charge in [0.2, 0.25) is 5.91 Å². The second-order valence-electron chi connectivity index (χ2n) is 5.74. The van der Waals surface area contributed by atoms with E-state index in [0.29, 0.717) is 50.5 Å². The third-order valence-electron chi connectivity index (χ3n) is 3.64. The first-order chi connectivity index (χ1) is 12.1. The molecule has 0 aliphatic rings. The number of oxazole rings is 1. The van der Waals surface area contributed by atoms with Crippen molar-refractivity contribution in [1.29, 1.82) is 0 Å². The molecular weight excluding hydrogens is 320 g/mol. The van der Waals surface area contributed by atoms with Crippen LogP contribution in [0, 0.1) is 6.92 Å². The minimum Gasteiger partial charge on any atom is -0.466 e. The lowest BCUT2D eigenvalue weighted by Gasteiger charge is -2.04. The fraction of sp³-hybridized carbons (Fsp3) is 0.421. The Morgan fingerprint density at radius 3 is 2.68 bits per heavy atom. The van der Waals surface area contributed by atoms with Gasteiger partial charge in [-0.3, -0.25) is 9.59 Å². The minimum atomic E-state index is -0.236. The first-order valence-electron chi connectivity index (χ1n) is 8.52. The van der Waals surface area contributed by atoms with E-state index in [2.05, 4.69) is 10.3 Å². The molecule has 2 aromatic rings. The maximum absolute atomic E-state index is 11.8. The molecule has 25 heavy (non-hydrogen) atoms. The van der Waals surface area contributed by atoms with Crippen LogP contribution in [0.4, 0.5) is 0 Å². The zero-order chi connectivity index (χ0) is 18.1. The Morgan fingerprint density at radius 1 is 1.20 bits per heavy atom. The molecule has 0 atom stereocenters. The number of carbonyl (C=O) groups is 2. The summed E-state index contributed by atoms with van der Waals surface area (Å²) in [7, 11) is 0. The molecule has 0 spiro atoms. The van der Waals surface area contributed by atoms with Crippen molar-refractivity contribution >= 4 is 11.9 Å². The normalized spacial score (nSPS) is 10.5. The number of nitrogens with one attached hydrogen (secondary N) is 1. The van der Waals surface area contributed by atoms with Crippen molar-refractivity contribution in [2.24, 2.45) is 0 Å². The zero-order valence-electron chi connectivity index (χ0n) is 14.7. The summed E-state index contributed by atoms with van der Waals surface area (Å²) >= 11 is 0. The maximum Gasteiger partial charge on any atom is 0.305 e. The number of nitrogens with zero attached hydrogens (tertiary/aromatic N) is 1. The van der Waals surface area contributed by atoms with Crippen molar-refractivity contribution in [2.75, 3.05) is 13.2 Å². The quantitative estimate of drug-likeness (QED) is 0.558. The van der Waals surface area contributed by atoms with E-state index in [1.807, 2.05) is 31.2 Å². The van der Waals surface area contributed by atoms with Crippen molar-refractivity contribution in [3.05, 3.63) is 41.9 Å². The second-order valence-corrected chi connectivity index (χ2v) is 5.74. The molecule has 0 aliphatic heterocycles. The molecule has 2 rings (SSSR count). The van der Waals surface area contributed by atoms with E-state index in [1.165, 1.54) is 5.56 Å². The largest absolute Gasteiger partial charge is 0.466 e. The van der Waals surface area contributed by atoms with Crippen molar-refractivity contribution in [2.45, 2.75) is 39.5 Å². The fourth-order valence-electron chi connectivity index (χ4n) is 2.28. The van der Waals surface area contributed by atoms with Gasteiger partial charge in [-0.1, -0.05) is 29.8 Å². The predicted molar refractivity (Wildman–Crippen MR) is 93.9 cm³/mol. The van der Waals surface area contributed by atoms with Crippen LogP contribution >= 0.6 is 0 Å². The van der Waals surface area contributed by atoms with Crippen LogP contribution in [0.1, 0.15) is 37.6 Å². The highest BCUT2D eigenvalue weighted by Gasteiger charge is 2.09. The first kappa shape index (κ1) is 18.7. The zero-order valence-corrected chi connectivity index (χ0v) is 14.7. The summed E-state index contributed by atoms with van der Waals surface area (Å²) in [5.41, 5.74) is 2.15. The van der Waals surface area contributed by atoms with Crippen molar-refractivity contribution in [1.82, 2.24) is 10.3 Å². The standard InChI is InChI=1S/C19H24N2O4/c1-3-24-19(23)5-4-12-20-17(22)10-11-18-21-13-16(25-18)15-8-6-14(2)7-9-15/h6-9,13H,3-5,10-12H2,1-2H3,(H,20,22). The molecule has 0 unspecified atom stereocenters. The van der Waals surface area contributed by atoms with Gasteiger partial charge in [-0.15, -0.1) is 0 Å². The molecule has 1 aromatic heterocycles. The van der Waals surface area contributed by atoms with Gasteiger partial charge in [-0.25, -0.2) is 4.98 Å². The number of benzene rings is 1. The Labute approximate surface area is 147 Å². The SMILES string of the molecule is CCOC(=O)CCCNC(=O)CCc1ncc(-c2ccc(C)cc2)o1. The van der Waals surface area contributed by atoms with Gasteiger partial charge in [0.25, 0.3) is 0 Å². The molecule has 0 bridgehead atoms. The van der Waals surface area contributed by atoms with Gasteiger partial charge in [-0.2, -0.15) is 0 Å². The van der Waals surface area contributed by atoms with Crippen LogP contribution < -0.4 is 5.32 Å². The number of amides is 1. The van der Waals surface area contributed by atoms with Gasteiger partial charge in [0.05, 0.1) is 12.8 Å². The molecule has 6 nitrogen and oxygen atoms in total.